The molecule has 23 heavy (non-hydrogen) atoms. The number of carbonyl (C=O) groups is 1. The second kappa shape index (κ2) is 9.23. The highest BCUT2D eigenvalue weighted by Gasteiger charge is 2.16. The van der Waals surface area contributed by atoms with E-state index in [0.717, 1.165) is 29.9 Å². The van der Waals surface area contributed by atoms with E-state index < -0.39 is 0 Å². The molecule has 0 aliphatic carbocycles. The summed E-state index contributed by atoms with van der Waals surface area (Å²) in [4.78, 5) is 16.8. The highest BCUT2D eigenvalue weighted by atomic mass is 35.5. The lowest BCUT2D eigenvalue weighted by atomic mass is 10.1. The van der Waals surface area contributed by atoms with Crippen LogP contribution in [0.15, 0.2) is 29.0 Å². The Morgan fingerprint density at radius 2 is 2.22 bits per heavy atom. The molecule has 1 aliphatic heterocycles. The Bertz CT molecular complexity index is 628. The summed E-state index contributed by atoms with van der Waals surface area (Å²) in [5.74, 6) is -0.0365. The number of aryl methyl sites for hydroxylation is 1. The van der Waals surface area contributed by atoms with Gasteiger partial charge < -0.3 is 10.6 Å². The standard InChI is InChI=1S/C16H19N3OS.2ClH/c1-11-14(16(20)18-9-13-3-2-7-17-13)4-5-15(19-11)12-6-8-21-10-12;;/h4-6,8,10,13,17H,2-3,7,9H2,1H3,(H,18,20);2*1H. The van der Waals surface area contributed by atoms with Crippen molar-refractivity contribution in [3.05, 3.63) is 40.2 Å². The van der Waals surface area contributed by atoms with Gasteiger partial charge in [0.25, 0.3) is 5.91 Å². The smallest absolute Gasteiger partial charge is 0.253 e. The summed E-state index contributed by atoms with van der Waals surface area (Å²) >= 11 is 1.65. The molecule has 0 aromatic carbocycles. The molecule has 3 heterocycles. The quantitative estimate of drug-likeness (QED) is 0.862. The lowest BCUT2D eigenvalue weighted by molar-refractivity contribution is 0.0949. The number of thiophene rings is 1. The third kappa shape index (κ3) is 4.91. The largest absolute Gasteiger partial charge is 0.350 e. The highest BCUT2D eigenvalue weighted by Crippen LogP contribution is 2.21. The summed E-state index contributed by atoms with van der Waals surface area (Å²) in [6.07, 6.45) is 2.32. The second-order valence-corrected chi connectivity index (χ2v) is 6.12. The first-order valence-corrected chi connectivity index (χ1v) is 8.20. The first kappa shape index (κ1) is 19.9. The lowest BCUT2D eigenvalue weighted by Crippen LogP contribution is -2.37. The molecular weight excluding hydrogens is 353 g/mol. The minimum Gasteiger partial charge on any atom is -0.350 e. The van der Waals surface area contributed by atoms with E-state index >= 15 is 0 Å². The van der Waals surface area contributed by atoms with Gasteiger partial charge in [-0.2, -0.15) is 11.3 Å². The van der Waals surface area contributed by atoms with E-state index in [-0.39, 0.29) is 30.7 Å². The van der Waals surface area contributed by atoms with Crippen LogP contribution >= 0.6 is 36.2 Å². The summed E-state index contributed by atoms with van der Waals surface area (Å²) in [6, 6.07) is 6.23. The third-order valence-corrected chi connectivity index (χ3v) is 4.50. The van der Waals surface area contributed by atoms with Crippen molar-refractivity contribution < 1.29 is 4.79 Å². The zero-order valence-corrected chi connectivity index (χ0v) is 15.3. The molecule has 2 aromatic rings. The first-order valence-electron chi connectivity index (χ1n) is 7.26. The van der Waals surface area contributed by atoms with Crippen LogP contribution in [0.1, 0.15) is 28.9 Å². The van der Waals surface area contributed by atoms with Crippen molar-refractivity contribution >= 4 is 42.1 Å². The summed E-state index contributed by atoms with van der Waals surface area (Å²) in [5, 5.41) is 10.5. The van der Waals surface area contributed by atoms with E-state index in [4.69, 9.17) is 0 Å². The fourth-order valence-corrected chi connectivity index (χ4v) is 3.26. The molecule has 126 valence electrons. The van der Waals surface area contributed by atoms with Crippen molar-refractivity contribution in [1.29, 1.82) is 0 Å². The fraction of sp³-hybridized carbons (Fsp3) is 0.375. The summed E-state index contributed by atoms with van der Waals surface area (Å²) in [7, 11) is 0. The van der Waals surface area contributed by atoms with Crippen molar-refractivity contribution in [2.24, 2.45) is 0 Å². The Hall–Kier alpha value is -1.14. The van der Waals surface area contributed by atoms with E-state index in [9.17, 15) is 4.79 Å². The molecule has 1 unspecified atom stereocenters. The molecule has 0 bridgehead atoms. The maximum atomic E-state index is 12.2. The molecule has 1 aliphatic rings. The van der Waals surface area contributed by atoms with Gasteiger partial charge >= 0.3 is 0 Å². The van der Waals surface area contributed by atoms with Gasteiger partial charge in [0.2, 0.25) is 0 Å². The minimum absolute atomic E-state index is 0. The molecule has 2 N–H and O–H groups in total. The number of halogens is 2. The minimum atomic E-state index is -0.0365. The number of nitrogens with one attached hydrogen (secondary N) is 2. The number of pyridine rings is 1. The van der Waals surface area contributed by atoms with E-state index in [1.54, 1.807) is 11.3 Å². The number of hydrogen-bond donors (Lipinski definition) is 2. The summed E-state index contributed by atoms with van der Waals surface area (Å²) < 4.78 is 0. The molecule has 2 aromatic heterocycles. The molecule has 3 rings (SSSR count). The fourth-order valence-electron chi connectivity index (χ4n) is 2.61. The average Bonchev–Trinajstić information content (AvgIpc) is 3.18. The first-order chi connectivity index (χ1) is 10.2. The van der Waals surface area contributed by atoms with Crippen LogP contribution in [-0.2, 0) is 0 Å². The molecule has 7 heteroatoms. The van der Waals surface area contributed by atoms with E-state index in [0.29, 0.717) is 18.2 Å². The van der Waals surface area contributed by atoms with Gasteiger partial charge in [0, 0.05) is 23.5 Å². The number of aromatic nitrogens is 1. The Morgan fingerprint density at radius 1 is 1.39 bits per heavy atom. The molecule has 0 spiro atoms. The van der Waals surface area contributed by atoms with Crippen molar-refractivity contribution in [3.8, 4) is 11.3 Å². The van der Waals surface area contributed by atoms with Gasteiger partial charge in [-0.3, -0.25) is 9.78 Å². The second-order valence-electron chi connectivity index (χ2n) is 5.34. The lowest BCUT2D eigenvalue weighted by Gasteiger charge is -2.12. The van der Waals surface area contributed by atoms with Gasteiger partial charge in [-0.15, -0.1) is 24.8 Å². The highest BCUT2D eigenvalue weighted by molar-refractivity contribution is 7.08. The summed E-state index contributed by atoms with van der Waals surface area (Å²) in [5.41, 5.74) is 3.45. The Kier molecular flexibility index (Phi) is 7.99. The monoisotopic (exact) mass is 373 g/mol. The van der Waals surface area contributed by atoms with Gasteiger partial charge in [-0.05, 0) is 49.9 Å². The van der Waals surface area contributed by atoms with E-state index in [2.05, 4.69) is 21.0 Å². The predicted octanol–water partition coefficient (Wildman–Crippen LogP) is 3.44. The van der Waals surface area contributed by atoms with Crippen LogP contribution in [0.2, 0.25) is 0 Å². The predicted molar refractivity (Wildman–Crippen MR) is 100 cm³/mol. The molecule has 1 fully saturated rings. The maximum absolute atomic E-state index is 12.2. The van der Waals surface area contributed by atoms with Crippen LogP contribution in [0.5, 0.6) is 0 Å². The Balaban J connectivity index is 0.00000132. The normalized spacial score (nSPS) is 16.3. The third-order valence-electron chi connectivity index (χ3n) is 3.82. The molecule has 0 saturated carbocycles. The zero-order chi connectivity index (χ0) is 14.7. The van der Waals surface area contributed by atoms with Gasteiger partial charge in [-0.1, -0.05) is 0 Å². The SMILES string of the molecule is Cc1nc(-c2ccsc2)ccc1C(=O)NCC1CCCN1.Cl.Cl. The van der Waals surface area contributed by atoms with Crippen molar-refractivity contribution in [1.82, 2.24) is 15.6 Å². The molecular formula is C16H21Cl2N3OS. The average molecular weight is 374 g/mol. The molecule has 4 nitrogen and oxygen atoms in total. The van der Waals surface area contributed by atoms with Crippen LogP contribution in [-0.4, -0.2) is 30.0 Å². The number of amides is 1. The molecule has 1 atom stereocenters. The van der Waals surface area contributed by atoms with Gasteiger partial charge in [0.05, 0.1) is 17.0 Å². The Labute approximate surface area is 152 Å². The number of hydrogen-bond acceptors (Lipinski definition) is 4. The van der Waals surface area contributed by atoms with E-state index in [1.807, 2.05) is 30.5 Å². The molecule has 1 saturated heterocycles. The topological polar surface area (TPSA) is 54.0 Å². The van der Waals surface area contributed by atoms with Gasteiger partial charge in [-0.25, -0.2) is 0 Å². The van der Waals surface area contributed by atoms with Crippen LogP contribution in [0.4, 0.5) is 0 Å². The van der Waals surface area contributed by atoms with Crippen molar-refractivity contribution in [3.63, 3.8) is 0 Å². The van der Waals surface area contributed by atoms with Gasteiger partial charge in [0.15, 0.2) is 0 Å². The van der Waals surface area contributed by atoms with Crippen LogP contribution < -0.4 is 10.6 Å². The van der Waals surface area contributed by atoms with Crippen molar-refractivity contribution in [2.45, 2.75) is 25.8 Å². The van der Waals surface area contributed by atoms with Crippen LogP contribution in [0.3, 0.4) is 0 Å². The maximum Gasteiger partial charge on any atom is 0.253 e. The summed E-state index contributed by atoms with van der Waals surface area (Å²) in [6.45, 7) is 3.62. The zero-order valence-electron chi connectivity index (χ0n) is 12.9. The number of carbonyl (C=O) groups excluding carboxylic acids is 1. The number of nitrogens with zero attached hydrogens (tertiary/aromatic N) is 1. The number of rotatable bonds is 4. The van der Waals surface area contributed by atoms with Crippen LogP contribution in [0.25, 0.3) is 11.3 Å². The van der Waals surface area contributed by atoms with E-state index in [1.165, 1.54) is 6.42 Å². The van der Waals surface area contributed by atoms with Crippen LogP contribution in [0, 0.1) is 6.92 Å². The molecule has 0 radical (unpaired) electrons. The van der Waals surface area contributed by atoms with Crippen molar-refractivity contribution in [2.75, 3.05) is 13.1 Å². The Morgan fingerprint density at radius 3 is 2.83 bits per heavy atom. The van der Waals surface area contributed by atoms with Gasteiger partial charge in [0.1, 0.15) is 0 Å². The molecule has 1 amide bonds.